The van der Waals surface area contributed by atoms with E-state index < -0.39 is 0 Å². The average molecular weight is 343 g/mol. The molecule has 0 aromatic carbocycles. The van der Waals surface area contributed by atoms with Crippen molar-refractivity contribution < 1.29 is 14.2 Å². The Morgan fingerprint density at radius 2 is 0.875 bits per heavy atom. The lowest BCUT2D eigenvalue weighted by Gasteiger charge is -2.01. The van der Waals surface area contributed by atoms with Crippen molar-refractivity contribution in [1.29, 1.82) is 0 Å². The van der Waals surface area contributed by atoms with Gasteiger partial charge in [0.15, 0.2) is 0 Å². The van der Waals surface area contributed by atoms with E-state index in [0.29, 0.717) is 0 Å². The van der Waals surface area contributed by atoms with Crippen LogP contribution in [0.25, 0.3) is 0 Å². The fourth-order valence-corrected chi connectivity index (χ4v) is 1.48. The molecule has 0 aromatic rings. The molecule has 0 bridgehead atoms. The van der Waals surface area contributed by atoms with Crippen molar-refractivity contribution in [3.05, 3.63) is 37.0 Å². The Hall–Kier alpha value is -1.38. The molecule has 0 atom stereocenters. The molecule has 3 nitrogen and oxygen atoms in total. The number of rotatable bonds is 0. The maximum absolute atomic E-state index is 5.01. The Balaban J connectivity index is -0.000000240. The number of ether oxygens (including phenoxy) is 3. The molecule has 3 rings (SSSR count). The van der Waals surface area contributed by atoms with Crippen LogP contribution in [0.4, 0.5) is 0 Å². The predicted molar refractivity (Wildman–Crippen MR) is 107 cm³/mol. The van der Waals surface area contributed by atoms with Crippen LogP contribution in [-0.4, -0.2) is 19.8 Å². The summed E-state index contributed by atoms with van der Waals surface area (Å²) < 4.78 is 14.7. The summed E-state index contributed by atoms with van der Waals surface area (Å²) in [5.41, 5.74) is 0. The highest BCUT2D eigenvalue weighted by molar-refractivity contribution is 4.78. The highest BCUT2D eigenvalue weighted by Crippen LogP contribution is 2.01. The first kappa shape index (κ1) is 27.5. The van der Waals surface area contributed by atoms with Crippen LogP contribution >= 0.6 is 0 Å². The molecular formula is C21H42O3. The van der Waals surface area contributed by atoms with E-state index >= 15 is 0 Å². The summed E-state index contributed by atoms with van der Waals surface area (Å²) in [6.45, 7) is 14.7. The third-order valence-electron chi connectivity index (χ3n) is 2.50. The molecule has 0 saturated carbocycles. The van der Waals surface area contributed by atoms with Crippen LogP contribution in [0, 0.1) is 0 Å². The van der Waals surface area contributed by atoms with E-state index in [1.165, 1.54) is 32.1 Å². The highest BCUT2D eigenvalue weighted by atomic mass is 16.5. The predicted octanol–water partition coefficient (Wildman–Crippen LogP) is 7.01. The zero-order valence-corrected chi connectivity index (χ0v) is 17.1. The molecule has 0 radical (unpaired) electrons. The standard InChI is InChI=1S/C6H10O.C5H8O.C4H6O.3C2H6/c1-2-4-6-7-5-3-1;1-2-4-6-5-3-1;1-2-4-5-3-1;3*1-2/h3,5H,1-2,4,6H2;2,4H,1,3,5H2;1,3H,2,4H2;3*1-2H3. The van der Waals surface area contributed by atoms with Crippen LogP contribution in [0.15, 0.2) is 37.0 Å². The Kier molecular flexibility index (Phi) is 38.1. The molecule has 0 unspecified atom stereocenters. The zero-order valence-electron chi connectivity index (χ0n) is 17.1. The van der Waals surface area contributed by atoms with Crippen molar-refractivity contribution in [2.75, 3.05) is 19.8 Å². The summed E-state index contributed by atoms with van der Waals surface area (Å²) in [7, 11) is 0. The number of allylic oxidation sites excluding steroid dienone is 2. The van der Waals surface area contributed by atoms with Gasteiger partial charge in [0.05, 0.1) is 38.6 Å². The SMILES string of the molecule is C1=COCC1.C1=COCCC1.C1=COCCCC1.CC.CC.CC. The van der Waals surface area contributed by atoms with Crippen LogP contribution in [-0.2, 0) is 14.2 Å². The first-order chi connectivity index (χ1) is 12.0. The van der Waals surface area contributed by atoms with Crippen molar-refractivity contribution in [2.24, 2.45) is 0 Å². The molecule has 0 N–H and O–H groups in total. The van der Waals surface area contributed by atoms with Crippen LogP contribution in [0.2, 0.25) is 0 Å². The molecule has 0 aliphatic carbocycles. The van der Waals surface area contributed by atoms with Crippen molar-refractivity contribution >= 4 is 0 Å². The smallest absolute Gasteiger partial charge is 0.0908 e. The van der Waals surface area contributed by atoms with Crippen molar-refractivity contribution in [2.45, 2.75) is 80.1 Å². The summed E-state index contributed by atoms with van der Waals surface area (Å²) >= 11 is 0. The number of hydrogen-bond acceptors (Lipinski definition) is 3. The van der Waals surface area contributed by atoms with Crippen LogP contribution in [0.1, 0.15) is 80.1 Å². The highest BCUT2D eigenvalue weighted by Gasteiger charge is 1.88. The summed E-state index contributed by atoms with van der Waals surface area (Å²) in [6, 6.07) is 0. The summed E-state index contributed by atoms with van der Waals surface area (Å²) in [6.07, 6.45) is 18.6. The Bertz CT molecular complexity index is 236. The molecule has 0 fully saturated rings. The molecule has 3 aliphatic heterocycles. The summed E-state index contributed by atoms with van der Waals surface area (Å²) in [5.74, 6) is 0. The maximum Gasteiger partial charge on any atom is 0.0908 e. The minimum atomic E-state index is 0.889. The van der Waals surface area contributed by atoms with Crippen molar-refractivity contribution in [1.82, 2.24) is 0 Å². The fraction of sp³-hybridized carbons (Fsp3) is 0.714. The molecular weight excluding hydrogens is 300 g/mol. The molecule has 3 heterocycles. The van der Waals surface area contributed by atoms with Crippen LogP contribution < -0.4 is 0 Å². The molecule has 0 amide bonds. The quantitative estimate of drug-likeness (QED) is 0.474. The van der Waals surface area contributed by atoms with Gasteiger partial charge in [0, 0.05) is 6.42 Å². The maximum atomic E-state index is 5.01. The lowest BCUT2D eigenvalue weighted by atomic mass is 10.2. The van der Waals surface area contributed by atoms with E-state index in [9.17, 15) is 0 Å². The zero-order chi connectivity index (χ0) is 18.7. The van der Waals surface area contributed by atoms with Crippen molar-refractivity contribution in [3.63, 3.8) is 0 Å². The first-order valence-corrected chi connectivity index (χ1v) is 9.80. The van der Waals surface area contributed by atoms with Crippen LogP contribution in [0.3, 0.4) is 0 Å². The average Bonchev–Trinajstić information content (AvgIpc) is 3.16. The second-order valence-electron chi connectivity index (χ2n) is 4.15. The molecule has 0 aromatic heterocycles. The lowest BCUT2D eigenvalue weighted by Crippen LogP contribution is -1.90. The topological polar surface area (TPSA) is 27.7 Å². The normalized spacial score (nSPS) is 15.8. The van der Waals surface area contributed by atoms with E-state index in [-0.39, 0.29) is 0 Å². The van der Waals surface area contributed by atoms with Gasteiger partial charge in [-0.2, -0.15) is 0 Å². The number of hydrogen-bond donors (Lipinski definition) is 0. The van der Waals surface area contributed by atoms with Gasteiger partial charge in [-0.25, -0.2) is 0 Å². The van der Waals surface area contributed by atoms with Gasteiger partial charge >= 0.3 is 0 Å². The Morgan fingerprint density at radius 3 is 1.17 bits per heavy atom. The van der Waals surface area contributed by atoms with E-state index in [1.54, 1.807) is 18.8 Å². The molecule has 0 spiro atoms. The van der Waals surface area contributed by atoms with Gasteiger partial charge in [-0.3, -0.25) is 0 Å². The minimum absolute atomic E-state index is 0.889. The van der Waals surface area contributed by atoms with E-state index in [4.69, 9.17) is 14.2 Å². The Morgan fingerprint density at radius 1 is 0.458 bits per heavy atom. The van der Waals surface area contributed by atoms with Gasteiger partial charge in [0.1, 0.15) is 0 Å². The Labute approximate surface area is 151 Å². The second kappa shape index (κ2) is 33.3. The van der Waals surface area contributed by atoms with E-state index in [1.807, 2.05) is 53.7 Å². The molecule has 144 valence electrons. The molecule has 0 saturated heterocycles. The summed E-state index contributed by atoms with van der Waals surface area (Å²) in [5, 5.41) is 0. The largest absolute Gasteiger partial charge is 0.502 e. The van der Waals surface area contributed by atoms with Gasteiger partial charge in [0.25, 0.3) is 0 Å². The van der Waals surface area contributed by atoms with Crippen LogP contribution in [0.5, 0.6) is 0 Å². The third kappa shape index (κ3) is 28.7. The molecule has 24 heavy (non-hydrogen) atoms. The summed E-state index contributed by atoms with van der Waals surface area (Å²) in [4.78, 5) is 0. The van der Waals surface area contributed by atoms with Gasteiger partial charge in [-0.15, -0.1) is 0 Å². The van der Waals surface area contributed by atoms with E-state index in [2.05, 4.69) is 6.08 Å². The van der Waals surface area contributed by atoms with E-state index in [0.717, 1.165) is 26.2 Å². The second-order valence-corrected chi connectivity index (χ2v) is 4.15. The van der Waals surface area contributed by atoms with Gasteiger partial charge < -0.3 is 14.2 Å². The first-order valence-electron chi connectivity index (χ1n) is 9.80. The van der Waals surface area contributed by atoms with Gasteiger partial charge in [0.2, 0.25) is 0 Å². The lowest BCUT2D eigenvalue weighted by molar-refractivity contribution is 0.231. The minimum Gasteiger partial charge on any atom is -0.502 e. The van der Waals surface area contributed by atoms with Gasteiger partial charge in [-0.05, 0) is 50.3 Å². The third-order valence-corrected chi connectivity index (χ3v) is 2.50. The fourth-order valence-electron chi connectivity index (χ4n) is 1.48. The molecule has 3 aliphatic rings. The molecule has 3 heteroatoms. The monoisotopic (exact) mass is 342 g/mol. The van der Waals surface area contributed by atoms with Gasteiger partial charge in [-0.1, -0.05) is 41.5 Å². The van der Waals surface area contributed by atoms with Crippen molar-refractivity contribution in [3.8, 4) is 0 Å².